The third-order valence-electron chi connectivity index (χ3n) is 5.94. The van der Waals surface area contributed by atoms with Crippen LogP contribution in [0.15, 0.2) is 42.5 Å². The molecule has 0 bridgehead atoms. The summed E-state index contributed by atoms with van der Waals surface area (Å²) in [4.78, 5) is 27.1. The van der Waals surface area contributed by atoms with Crippen molar-refractivity contribution in [3.8, 4) is 0 Å². The fourth-order valence-corrected chi connectivity index (χ4v) is 4.27. The van der Waals surface area contributed by atoms with Crippen LogP contribution in [-0.4, -0.2) is 24.8 Å². The van der Waals surface area contributed by atoms with Gasteiger partial charge >= 0.3 is 0 Å². The molecule has 1 N–H and O–H groups in total. The van der Waals surface area contributed by atoms with Gasteiger partial charge in [0.15, 0.2) is 5.78 Å². The number of amides is 1. The topological polar surface area (TPSA) is 49.4 Å². The average Bonchev–Trinajstić information content (AvgIpc) is 3.35. The van der Waals surface area contributed by atoms with Crippen LogP contribution in [0.4, 0.5) is 11.4 Å². The van der Waals surface area contributed by atoms with Crippen molar-refractivity contribution in [2.24, 2.45) is 5.92 Å². The van der Waals surface area contributed by atoms with Crippen molar-refractivity contribution in [2.75, 3.05) is 23.3 Å². The summed E-state index contributed by atoms with van der Waals surface area (Å²) in [6.45, 7) is 4.47. The van der Waals surface area contributed by atoms with Gasteiger partial charge < -0.3 is 10.2 Å². The molecule has 0 spiro atoms. The van der Waals surface area contributed by atoms with Crippen LogP contribution < -0.4 is 10.2 Å². The molecular formula is C24H28N2O2. The number of hydrogen-bond acceptors (Lipinski definition) is 3. The Morgan fingerprint density at radius 1 is 1.04 bits per heavy atom. The summed E-state index contributed by atoms with van der Waals surface area (Å²) in [7, 11) is 0. The van der Waals surface area contributed by atoms with Crippen LogP contribution in [0.5, 0.6) is 0 Å². The van der Waals surface area contributed by atoms with E-state index in [0.717, 1.165) is 43.1 Å². The van der Waals surface area contributed by atoms with Crippen LogP contribution in [0, 0.1) is 5.92 Å². The maximum Gasteiger partial charge on any atom is 0.224 e. The Labute approximate surface area is 166 Å². The molecular weight excluding hydrogens is 348 g/mol. The first-order chi connectivity index (χ1) is 13.6. The van der Waals surface area contributed by atoms with Crippen LogP contribution in [0.1, 0.15) is 54.1 Å². The Kier molecular flexibility index (Phi) is 5.47. The van der Waals surface area contributed by atoms with Crippen molar-refractivity contribution in [2.45, 2.75) is 45.4 Å². The summed E-state index contributed by atoms with van der Waals surface area (Å²) in [5.74, 6) is 0.669. The molecule has 1 aliphatic carbocycles. The lowest BCUT2D eigenvalue weighted by molar-refractivity contribution is -0.116. The second-order valence-corrected chi connectivity index (χ2v) is 8.20. The number of nitrogens with one attached hydrogen (secondary N) is 1. The summed E-state index contributed by atoms with van der Waals surface area (Å²) in [5.41, 5.74) is 5.38. The Morgan fingerprint density at radius 2 is 1.82 bits per heavy atom. The lowest BCUT2D eigenvalue weighted by Crippen LogP contribution is -2.19. The van der Waals surface area contributed by atoms with Crippen molar-refractivity contribution in [1.29, 1.82) is 0 Å². The molecule has 2 aromatic rings. The fraction of sp³-hybridized carbons (Fsp3) is 0.417. The van der Waals surface area contributed by atoms with Crippen LogP contribution >= 0.6 is 0 Å². The van der Waals surface area contributed by atoms with Gasteiger partial charge in [0.2, 0.25) is 5.91 Å². The maximum absolute atomic E-state index is 12.4. The predicted octanol–water partition coefficient (Wildman–Crippen LogP) is 4.62. The molecule has 1 aliphatic heterocycles. The first kappa shape index (κ1) is 18.7. The number of anilines is 2. The molecule has 4 rings (SSSR count). The zero-order chi connectivity index (χ0) is 19.5. The van der Waals surface area contributed by atoms with Crippen LogP contribution in [0.2, 0.25) is 0 Å². The average molecular weight is 377 g/mol. The quantitative estimate of drug-likeness (QED) is 0.748. The molecule has 4 heteroatoms. The van der Waals surface area contributed by atoms with E-state index in [4.69, 9.17) is 0 Å². The Balaban J connectivity index is 1.28. The highest BCUT2D eigenvalue weighted by molar-refractivity contribution is 6.00. The highest BCUT2D eigenvalue weighted by Gasteiger charge is 2.19. The van der Waals surface area contributed by atoms with Gasteiger partial charge in [-0.3, -0.25) is 9.59 Å². The van der Waals surface area contributed by atoms with Gasteiger partial charge in [0.1, 0.15) is 0 Å². The van der Waals surface area contributed by atoms with Gasteiger partial charge in [-0.1, -0.05) is 19.1 Å². The number of ketones is 1. The molecule has 1 unspecified atom stereocenters. The number of rotatable bonds is 6. The molecule has 0 saturated carbocycles. The van der Waals surface area contributed by atoms with Crippen molar-refractivity contribution in [1.82, 2.24) is 0 Å². The zero-order valence-electron chi connectivity index (χ0n) is 16.5. The van der Waals surface area contributed by atoms with E-state index in [1.165, 1.54) is 29.7 Å². The lowest BCUT2D eigenvalue weighted by atomic mass is 10.0. The van der Waals surface area contributed by atoms with Crippen molar-refractivity contribution >= 4 is 23.1 Å². The normalized spacial score (nSPS) is 18.2. The summed E-state index contributed by atoms with van der Waals surface area (Å²) in [6.07, 6.45) is 5.03. The molecule has 1 atom stereocenters. The van der Waals surface area contributed by atoms with E-state index in [1.54, 1.807) is 0 Å². The minimum absolute atomic E-state index is 0.0448. The Hall–Kier alpha value is -2.62. The third-order valence-corrected chi connectivity index (χ3v) is 5.94. The van der Waals surface area contributed by atoms with E-state index in [1.807, 2.05) is 24.3 Å². The SMILES string of the molecule is CC1CCN(c2ccc(NC(=O)CCC(=O)c3ccc4c(c3)CCC4)cc2)C1. The van der Waals surface area contributed by atoms with Gasteiger partial charge in [-0.15, -0.1) is 0 Å². The minimum atomic E-state index is -0.114. The number of fused-ring (bicyclic) bond motifs is 1. The molecule has 1 saturated heterocycles. The van der Waals surface area contributed by atoms with Gasteiger partial charge in [0.05, 0.1) is 0 Å². The predicted molar refractivity (Wildman–Crippen MR) is 113 cm³/mol. The molecule has 0 aromatic heterocycles. The van der Waals surface area contributed by atoms with E-state index in [0.29, 0.717) is 0 Å². The second kappa shape index (κ2) is 8.17. The summed E-state index contributed by atoms with van der Waals surface area (Å²) < 4.78 is 0. The first-order valence-corrected chi connectivity index (χ1v) is 10.4. The molecule has 1 amide bonds. The smallest absolute Gasteiger partial charge is 0.224 e. The van der Waals surface area contributed by atoms with Crippen molar-refractivity contribution in [3.05, 3.63) is 59.2 Å². The number of nitrogens with zero attached hydrogens (tertiary/aromatic N) is 1. The maximum atomic E-state index is 12.4. The Bertz CT molecular complexity index is 873. The van der Waals surface area contributed by atoms with Crippen molar-refractivity contribution < 1.29 is 9.59 Å². The zero-order valence-corrected chi connectivity index (χ0v) is 16.5. The summed E-state index contributed by atoms with van der Waals surface area (Å²) in [6, 6.07) is 14.0. The molecule has 146 valence electrons. The van der Waals surface area contributed by atoms with Gasteiger partial charge in [0.25, 0.3) is 0 Å². The van der Waals surface area contributed by atoms with Gasteiger partial charge in [-0.2, -0.15) is 0 Å². The van der Waals surface area contributed by atoms with Gasteiger partial charge in [0, 0.05) is 42.9 Å². The van der Waals surface area contributed by atoms with E-state index < -0.39 is 0 Å². The van der Waals surface area contributed by atoms with E-state index in [-0.39, 0.29) is 24.5 Å². The largest absolute Gasteiger partial charge is 0.371 e. The van der Waals surface area contributed by atoms with Gasteiger partial charge in [-0.25, -0.2) is 0 Å². The number of hydrogen-bond donors (Lipinski definition) is 1. The number of Topliss-reactive ketones (excluding diaryl/α,β-unsaturated/α-hetero) is 1. The number of aryl methyl sites for hydroxylation is 2. The highest BCUT2D eigenvalue weighted by Crippen LogP contribution is 2.25. The second-order valence-electron chi connectivity index (χ2n) is 8.20. The van der Waals surface area contributed by atoms with Gasteiger partial charge in [-0.05, 0) is 73.1 Å². The lowest BCUT2D eigenvalue weighted by Gasteiger charge is -2.18. The number of carbonyl (C=O) groups is 2. The standard InChI is InChI=1S/C24H28N2O2/c1-17-13-14-26(16-17)22-9-7-21(8-10-22)25-24(28)12-11-23(27)20-6-5-18-3-2-4-19(18)15-20/h5-10,15,17H,2-4,11-14,16H2,1H3,(H,25,28). The summed E-state index contributed by atoms with van der Waals surface area (Å²) in [5, 5.41) is 2.91. The van der Waals surface area contributed by atoms with Crippen LogP contribution in [0.25, 0.3) is 0 Å². The highest BCUT2D eigenvalue weighted by atomic mass is 16.2. The fourth-order valence-electron chi connectivity index (χ4n) is 4.27. The molecule has 28 heavy (non-hydrogen) atoms. The third kappa shape index (κ3) is 4.27. The first-order valence-electron chi connectivity index (χ1n) is 10.4. The van der Waals surface area contributed by atoms with E-state index in [2.05, 4.69) is 35.3 Å². The van der Waals surface area contributed by atoms with E-state index >= 15 is 0 Å². The monoisotopic (exact) mass is 376 g/mol. The minimum Gasteiger partial charge on any atom is -0.371 e. The van der Waals surface area contributed by atoms with Crippen LogP contribution in [-0.2, 0) is 17.6 Å². The summed E-state index contributed by atoms with van der Waals surface area (Å²) >= 11 is 0. The molecule has 0 radical (unpaired) electrons. The number of carbonyl (C=O) groups excluding carboxylic acids is 2. The molecule has 2 aliphatic rings. The number of benzene rings is 2. The Morgan fingerprint density at radius 3 is 2.57 bits per heavy atom. The van der Waals surface area contributed by atoms with Crippen LogP contribution in [0.3, 0.4) is 0 Å². The molecule has 1 heterocycles. The molecule has 1 fully saturated rings. The van der Waals surface area contributed by atoms with E-state index in [9.17, 15) is 9.59 Å². The molecule has 2 aromatic carbocycles. The molecule has 4 nitrogen and oxygen atoms in total. The van der Waals surface area contributed by atoms with Crippen molar-refractivity contribution in [3.63, 3.8) is 0 Å².